The van der Waals surface area contributed by atoms with E-state index < -0.39 is 12.1 Å². The molecule has 0 heterocycles. The van der Waals surface area contributed by atoms with E-state index in [1.807, 2.05) is 6.08 Å². The Bertz CT molecular complexity index is 622. The number of nitrogens with one attached hydrogen (secondary N) is 1. The first kappa shape index (κ1) is 45.1. The van der Waals surface area contributed by atoms with E-state index in [0.717, 1.165) is 25.7 Å². The Labute approximate surface area is 288 Å². The Morgan fingerprint density at radius 1 is 0.500 bits per heavy atom. The summed E-state index contributed by atoms with van der Waals surface area (Å²) in [6.07, 6.45) is 47.6. The van der Waals surface area contributed by atoms with Crippen LogP contribution in [-0.4, -0.2) is 34.9 Å². The quantitative estimate of drug-likeness (QED) is 0.0460. The zero-order chi connectivity index (χ0) is 33.6. The molecule has 0 aliphatic carbocycles. The molecule has 0 aliphatic rings. The van der Waals surface area contributed by atoms with E-state index in [4.69, 9.17) is 0 Å². The molecule has 4 nitrogen and oxygen atoms in total. The van der Waals surface area contributed by atoms with Crippen molar-refractivity contribution in [3.05, 3.63) is 12.2 Å². The molecule has 0 saturated carbocycles. The highest BCUT2D eigenvalue weighted by molar-refractivity contribution is 5.76. The molecule has 4 heteroatoms. The van der Waals surface area contributed by atoms with Gasteiger partial charge in [0.25, 0.3) is 0 Å². The fourth-order valence-electron chi connectivity index (χ4n) is 6.53. The zero-order valence-corrected chi connectivity index (χ0v) is 31.4. The van der Waals surface area contributed by atoms with Gasteiger partial charge in [0.05, 0.1) is 18.8 Å². The van der Waals surface area contributed by atoms with Gasteiger partial charge in [-0.05, 0) is 19.3 Å². The van der Waals surface area contributed by atoms with Gasteiger partial charge in [-0.2, -0.15) is 0 Å². The van der Waals surface area contributed by atoms with E-state index in [2.05, 4.69) is 19.2 Å². The molecule has 0 saturated heterocycles. The van der Waals surface area contributed by atoms with Gasteiger partial charge in [0.1, 0.15) is 0 Å². The Balaban J connectivity index is 3.46. The lowest BCUT2D eigenvalue weighted by atomic mass is 10.0. The van der Waals surface area contributed by atoms with Crippen molar-refractivity contribution in [1.82, 2.24) is 5.32 Å². The van der Waals surface area contributed by atoms with Gasteiger partial charge < -0.3 is 15.5 Å². The fraction of sp³-hybridized carbons (Fsp3) is 0.929. The molecule has 0 bridgehead atoms. The predicted molar refractivity (Wildman–Crippen MR) is 202 cm³/mol. The number of hydrogen-bond acceptors (Lipinski definition) is 3. The molecular formula is C42H83NO3. The molecule has 2 unspecified atom stereocenters. The zero-order valence-electron chi connectivity index (χ0n) is 31.4. The lowest BCUT2D eigenvalue weighted by Gasteiger charge is -2.20. The fourth-order valence-corrected chi connectivity index (χ4v) is 6.53. The first-order valence-electron chi connectivity index (χ1n) is 20.9. The summed E-state index contributed by atoms with van der Waals surface area (Å²) in [5, 5.41) is 22.9. The maximum absolute atomic E-state index is 12.3. The van der Waals surface area contributed by atoms with Gasteiger partial charge >= 0.3 is 0 Å². The van der Waals surface area contributed by atoms with Gasteiger partial charge in [0.2, 0.25) is 5.91 Å². The molecule has 0 aromatic rings. The maximum atomic E-state index is 12.3. The second-order valence-corrected chi connectivity index (χ2v) is 14.4. The van der Waals surface area contributed by atoms with E-state index in [-0.39, 0.29) is 12.5 Å². The third kappa shape index (κ3) is 34.5. The third-order valence-electron chi connectivity index (χ3n) is 9.77. The molecular weight excluding hydrogens is 566 g/mol. The Kier molecular flexibility index (Phi) is 37.8. The van der Waals surface area contributed by atoms with Crippen LogP contribution in [0.4, 0.5) is 0 Å². The van der Waals surface area contributed by atoms with Crippen LogP contribution in [0.15, 0.2) is 12.2 Å². The van der Waals surface area contributed by atoms with Crippen molar-refractivity contribution in [2.45, 2.75) is 244 Å². The van der Waals surface area contributed by atoms with Crippen LogP contribution in [0.25, 0.3) is 0 Å². The molecule has 3 N–H and O–H groups in total. The van der Waals surface area contributed by atoms with Crippen molar-refractivity contribution >= 4 is 5.91 Å². The number of carbonyl (C=O) groups is 1. The van der Waals surface area contributed by atoms with Crippen molar-refractivity contribution in [1.29, 1.82) is 0 Å². The number of carbonyl (C=O) groups excluding carboxylic acids is 1. The average Bonchev–Trinajstić information content (AvgIpc) is 3.06. The second-order valence-electron chi connectivity index (χ2n) is 14.4. The molecule has 0 fully saturated rings. The van der Waals surface area contributed by atoms with Crippen LogP contribution in [0.5, 0.6) is 0 Å². The molecule has 0 radical (unpaired) electrons. The summed E-state index contributed by atoms with van der Waals surface area (Å²) in [6.45, 7) is 4.30. The molecule has 46 heavy (non-hydrogen) atoms. The summed E-state index contributed by atoms with van der Waals surface area (Å²) in [7, 11) is 0. The van der Waals surface area contributed by atoms with Gasteiger partial charge in [-0.25, -0.2) is 0 Å². The largest absolute Gasteiger partial charge is 0.394 e. The summed E-state index contributed by atoms with van der Waals surface area (Å²) in [6, 6.07) is -0.614. The van der Waals surface area contributed by atoms with E-state index in [1.54, 1.807) is 6.08 Å². The van der Waals surface area contributed by atoms with Gasteiger partial charge in [0, 0.05) is 6.42 Å². The molecule has 0 aromatic carbocycles. The standard InChI is InChI=1S/C42H83NO3/c1-3-5-7-9-11-13-14-15-16-17-18-19-20-21-22-23-24-25-26-27-28-30-31-33-35-37-41(45)40(39-44)43-42(46)38-36-34-32-29-12-10-8-6-4-2/h35,37,40-41,44-45H,3-34,36,38-39H2,1-2H3,(H,43,46)/b37-35+. The lowest BCUT2D eigenvalue weighted by molar-refractivity contribution is -0.123. The highest BCUT2D eigenvalue weighted by Gasteiger charge is 2.17. The summed E-state index contributed by atoms with van der Waals surface area (Å²) < 4.78 is 0. The number of amides is 1. The SMILES string of the molecule is CCCCCCCCCCCCCCCCCCCCCCCCC/C=C/C(O)C(CO)NC(=O)CCCCCCCCCCC. The number of unbranched alkanes of at least 4 members (excludes halogenated alkanes) is 31. The molecule has 0 aromatic heterocycles. The van der Waals surface area contributed by atoms with Crippen LogP contribution in [0.3, 0.4) is 0 Å². The minimum absolute atomic E-state index is 0.0655. The summed E-state index contributed by atoms with van der Waals surface area (Å²) in [5.41, 5.74) is 0. The molecule has 0 spiro atoms. The van der Waals surface area contributed by atoms with E-state index >= 15 is 0 Å². The predicted octanol–water partition coefficient (Wildman–Crippen LogP) is 12.7. The van der Waals surface area contributed by atoms with Crippen molar-refractivity contribution in [3.63, 3.8) is 0 Å². The van der Waals surface area contributed by atoms with Crippen LogP contribution in [0.2, 0.25) is 0 Å². The van der Waals surface area contributed by atoms with Gasteiger partial charge in [-0.15, -0.1) is 0 Å². The monoisotopic (exact) mass is 650 g/mol. The van der Waals surface area contributed by atoms with E-state index in [1.165, 1.54) is 186 Å². The normalized spacial score (nSPS) is 13.0. The van der Waals surface area contributed by atoms with Crippen LogP contribution in [0, 0.1) is 0 Å². The number of allylic oxidation sites excluding steroid dienone is 1. The second kappa shape index (κ2) is 38.6. The van der Waals surface area contributed by atoms with Crippen molar-refractivity contribution in [2.24, 2.45) is 0 Å². The maximum Gasteiger partial charge on any atom is 0.220 e. The average molecular weight is 650 g/mol. The number of rotatable bonds is 38. The van der Waals surface area contributed by atoms with Crippen LogP contribution in [0.1, 0.15) is 232 Å². The highest BCUT2D eigenvalue weighted by Crippen LogP contribution is 2.16. The first-order chi connectivity index (χ1) is 22.7. The molecule has 0 aliphatic heterocycles. The minimum Gasteiger partial charge on any atom is -0.394 e. The molecule has 2 atom stereocenters. The minimum atomic E-state index is -0.832. The summed E-state index contributed by atoms with van der Waals surface area (Å²) in [5.74, 6) is -0.0655. The van der Waals surface area contributed by atoms with Crippen LogP contribution in [-0.2, 0) is 4.79 Å². The van der Waals surface area contributed by atoms with Gasteiger partial charge in [-0.3, -0.25) is 4.79 Å². The third-order valence-corrected chi connectivity index (χ3v) is 9.77. The van der Waals surface area contributed by atoms with Crippen molar-refractivity contribution in [2.75, 3.05) is 6.61 Å². The molecule has 1 amide bonds. The van der Waals surface area contributed by atoms with E-state index in [0.29, 0.717) is 6.42 Å². The number of hydrogen-bond donors (Lipinski definition) is 3. The topological polar surface area (TPSA) is 69.6 Å². The number of aliphatic hydroxyl groups is 2. The number of aliphatic hydroxyl groups excluding tert-OH is 2. The van der Waals surface area contributed by atoms with E-state index in [9.17, 15) is 15.0 Å². The Morgan fingerprint density at radius 2 is 0.804 bits per heavy atom. The summed E-state index contributed by atoms with van der Waals surface area (Å²) >= 11 is 0. The highest BCUT2D eigenvalue weighted by atomic mass is 16.3. The Hall–Kier alpha value is -0.870. The van der Waals surface area contributed by atoms with Crippen LogP contribution < -0.4 is 5.32 Å². The molecule has 0 rings (SSSR count). The Morgan fingerprint density at radius 3 is 1.13 bits per heavy atom. The molecule has 274 valence electrons. The summed E-state index contributed by atoms with van der Waals surface area (Å²) in [4.78, 5) is 12.3. The van der Waals surface area contributed by atoms with Crippen LogP contribution >= 0.6 is 0 Å². The smallest absolute Gasteiger partial charge is 0.220 e. The van der Waals surface area contributed by atoms with Crippen molar-refractivity contribution in [3.8, 4) is 0 Å². The van der Waals surface area contributed by atoms with Gasteiger partial charge in [0.15, 0.2) is 0 Å². The lowest BCUT2D eigenvalue weighted by Crippen LogP contribution is -2.45. The first-order valence-corrected chi connectivity index (χ1v) is 20.9. The van der Waals surface area contributed by atoms with Crippen molar-refractivity contribution < 1.29 is 15.0 Å². The van der Waals surface area contributed by atoms with Gasteiger partial charge in [-0.1, -0.05) is 219 Å².